The van der Waals surface area contributed by atoms with Crippen molar-refractivity contribution in [2.75, 3.05) is 12.4 Å². The second-order valence-corrected chi connectivity index (χ2v) is 7.13. The Morgan fingerprint density at radius 1 is 1.29 bits per heavy atom. The van der Waals surface area contributed by atoms with Crippen LogP contribution in [0.2, 0.25) is 0 Å². The average Bonchev–Trinajstić information content (AvgIpc) is 2.78. The van der Waals surface area contributed by atoms with Crippen LogP contribution in [-0.2, 0) is 0 Å². The maximum Gasteiger partial charge on any atom is 0.339 e. The first-order valence-corrected chi connectivity index (χ1v) is 8.00. The van der Waals surface area contributed by atoms with Crippen molar-refractivity contribution in [3.8, 4) is 5.75 Å². The van der Waals surface area contributed by atoms with E-state index in [0.717, 1.165) is 8.26 Å². The number of carboxylic acid groups (broad SMARTS) is 1. The zero-order valence-electron chi connectivity index (χ0n) is 10.6. The normalized spacial score (nSPS) is 10.2. The second kappa shape index (κ2) is 6.59. The molecule has 8 heteroatoms. The summed E-state index contributed by atoms with van der Waals surface area (Å²) in [6, 6.07) is 6.07. The van der Waals surface area contributed by atoms with E-state index in [2.05, 4.69) is 37.2 Å². The van der Waals surface area contributed by atoms with Gasteiger partial charge in [-0.1, -0.05) is 0 Å². The standard InChI is InChI=1S/C13H9Br2NO4S/c1-20-9-4-6(2-3-7(9)13(18)19)16-12(17)10-5-8(14)11(15)21-10/h2-5H,1H3,(H,16,17)(H,18,19). The lowest BCUT2D eigenvalue weighted by molar-refractivity contribution is 0.0693. The molecular formula is C13H9Br2NO4S. The number of hydrogen-bond acceptors (Lipinski definition) is 4. The summed E-state index contributed by atoms with van der Waals surface area (Å²) in [6.45, 7) is 0. The van der Waals surface area contributed by atoms with Crippen LogP contribution in [0, 0.1) is 0 Å². The number of amides is 1. The Bertz CT molecular complexity index is 695. The lowest BCUT2D eigenvalue weighted by atomic mass is 10.2. The minimum Gasteiger partial charge on any atom is -0.496 e. The molecule has 5 nitrogen and oxygen atoms in total. The molecule has 110 valence electrons. The first-order valence-electron chi connectivity index (χ1n) is 5.60. The van der Waals surface area contributed by atoms with Crippen molar-refractivity contribution < 1.29 is 19.4 Å². The third-order valence-corrected chi connectivity index (χ3v) is 5.81. The van der Waals surface area contributed by atoms with Crippen LogP contribution in [0.25, 0.3) is 0 Å². The topological polar surface area (TPSA) is 75.6 Å². The maximum atomic E-state index is 12.1. The number of rotatable bonds is 4. The molecule has 0 aliphatic carbocycles. The van der Waals surface area contributed by atoms with Gasteiger partial charge in [0.15, 0.2) is 0 Å². The number of thiophene rings is 1. The van der Waals surface area contributed by atoms with Crippen molar-refractivity contribution in [2.45, 2.75) is 0 Å². The van der Waals surface area contributed by atoms with Crippen LogP contribution in [0.1, 0.15) is 20.0 Å². The van der Waals surface area contributed by atoms with Gasteiger partial charge in [0.1, 0.15) is 11.3 Å². The highest BCUT2D eigenvalue weighted by molar-refractivity contribution is 9.13. The summed E-state index contributed by atoms with van der Waals surface area (Å²) in [5.41, 5.74) is 0.500. The lowest BCUT2D eigenvalue weighted by Gasteiger charge is -2.08. The van der Waals surface area contributed by atoms with Gasteiger partial charge in [0.2, 0.25) is 0 Å². The molecule has 0 atom stereocenters. The molecule has 2 rings (SSSR count). The monoisotopic (exact) mass is 433 g/mol. The van der Waals surface area contributed by atoms with Gasteiger partial charge in [-0.15, -0.1) is 11.3 Å². The van der Waals surface area contributed by atoms with Crippen LogP contribution in [0.15, 0.2) is 32.5 Å². The van der Waals surface area contributed by atoms with Crippen molar-refractivity contribution in [3.05, 3.63) is 43.0 Å². The first kappa shape index (κ1) is 16.0. The number of halogens is 2. The Kier molecular flexibility index (Phi) is 5.02. The van der Waals surface area contributed by atoms with Crippen LogP contribution in [-0.4, -0.2) is 24.1 Å². The Labute approximate surface area is 141 Å². The molecule has 1 aromatic heterocycles. The number of carbonyl (C=O) groups excluding carboxylic acids is 1. The zero-order chi connectivity index (χ0) is 15.6. The Morgan fingerprint density at radius 3 is 2.52 bits per heavy atom. The summed E-state index contributed by atoms with van der Waals surface area (Å²) in [6.07, 6.45) is 0. The van der Waals surface area contributed by atoms with Gasteiger partial charge >= 0.3 is 5.97 Å². The summed E-state index contributed by atoms with van der Waals surface area (Å²) >= 11 is 7.93. The largest absolute Gasteiger partial charge is 0.496 e. The van der Waals surface area contributed by atoms with Crippen LogP contribution in [0.3, 0.4) is 0 Å². The van der Waals surface area contributed by atoms with E-state index in [9.17, 15) is 9.59 Å². The van der Waals surface area contributed by atoms with E-state index in [4.69, 9.17) is 9.84 Å². The SMILES string of the molecule is COc1cc(NC(=O)c2cc(Br)c(Br)s2)ccc1C(=O)O. The van der Waals surface area contributed by atoms with E-state index < -0.39 is 5.97 Å². The smallest absolute Gasteiger partial charge is 0.339 e. The Morgan fingerprint density at radius 2 is 2.00 bits per heavy atom. The fourth-order valence-corrected chi connectivity index (χ4v) is 3.53. The fourth-order valence-electron chi connectivity index (χ4n) is 1.60. The molecule has 0 unspecified atom stereocenters. The summed E-state index contributed by atoms with van der Waals surface area (Å²) in [4.78, 5) is 23.6. The molecule has 0 radical (unpaired) electrons. The number of carboxylic acids is 1. The molecule has 2 N–H and O–H groups in total. The number of ether oxygens (including phenoxy) is 1. The molecule has 0 aliphatic heterocycles. The van der Waals surface area contributed by atoms with E-state index >= 15 is 0 Å². The molecule has 0 fully saturated rings. The van der Waals surface area contributed by atoms with Crippen molar-refractivity contribution in [1.82, 2.24) is 0 Å². The van der Waals surface area contributed by atoms with Crippen molar-refractivity contribution in [2.24, 2.45) is 0 Å². The third kappa shape index (κ3) is 3.63. The average molecular weight is 435 g/mol. The minimum absolute atomic E-state index is 0.0390. The first-order chi connectivity index (χ1) is 9.92. The number of aromatic carboxylic acids is 1. The number of benzene rings is 1. The maximum absolute atomic E-state index is 12.1. The Hall–Kier alpha value is -1.38. The number of carbonyl (C=O) groups is 2. The lowest BCUT2D eigenvalue weighted by Crippen LogP contribution is -2.10. The van der Waals surface area contributed by atoms with E-state index in [0.29, 0.717) is 10.6 Å². The predicted octanol–water partition coefficient (Wildman–Crippen LogP) is 4.23. The fraction of sp³-hybridized carbons (Fsp3) is 0.0769. The zero-order valence-corrected chi connectivity index (χ0v) is 14.6. The highest BCUT2D eigenvalue weighted by Crippen LogP contribution is 2.33. The van der Waals surface area contributed by atoms with Crippen LogP contribution < -0.4 is 10.1 Å². The number of methoxy groups -OCH3 is 1. The molecule has 0 bridgehead atoms. The quantitative estimate of drug-likeness (QED) is 0.754. The van der Waals surface area contributed by atoms with Crippen LogP contribution >= 0.6 is 43.2 Å². The van der Waals surface area contributed by atoms with E-state index in [-0.39, 0.29) is 17.2 Å². The van der Waals surface area contributed by atoms with E-state index in [1.807, 2.05) is 0 Å². The number of nitrogens with one attached hydrogen (secondary N) is 1. The van der Waals surface area contributed by atoms with Gasteiger partial charge in [-0.2, -0.15) is 0 Å². The van der Waals surface area contributed by atoms with E-state index in [1.165, 1.54) is 36.6 Å². The summed E-state index contributed by atoms with van der Waals surface area (Å²) < 4.78 is 6.64. The third-order valence-electron chi connectivity index (χ3n) is 2.56. The van der Waals surface area contributed by atoms with Gasteiger partial charge in [-0.25, -0.2) is 4.79 Å². The van der Waals surface area contributed by atoms with Gasteiger partial charge in [0.05, 0.1) is 15.8 Å². The predicted molar refractivity (Wildman–Crippen MR) is 87.6 cm³/mol. The molecule has 1 aromatic carbocycles. The molecule has 1 heterocycles. The van der Waals surface area contributed by atoms with Gasteiger partial charge in [-0.05, 0) is 50.1 Å². The molecule has 0 spiro atoms. The highest BCUT2D eigenvalue weighted by Gasteiger charge is 2.15. The van der Waals surface area contributed by atoms with Crippen LogP contribution in [0.5, 0.6) is 5.75 Å². The second-order valence-electron chi connectivity index (χ2n) is 3.91. The van der Waals surface area contributed by atoms with Crippen molar-refractivity contribution in [3.63, 3.8) is 0 Å². The van der Waals surface area contributed by atoms with Gasteiger partial charge < -0.3 is 15.2 Å². The number of anilines is 1. The minimum atomic E-state index is -1.09. The molecular weight excluding hydrogens is 426 g/mol. The van der Waals surface area contributed by atoms with Gasteiger partial charge in [0.25, 0.3) is 5.91 Å². The molecule has 21 heavy (non-hydrogen) atoms. The summed E-state index contributed by atoms with van der Waals surface area (Å²) in [7, 11) is 1.38. The molecule has 2 aromatic rings. The molecule has 0 saturated carbocycles. The van der Waals surface area contributed by atoms with Crippen molar-refractivity contribution >= 4 is 60.8 Å². The highest BCUT2D eigenvalue weighted by atomic mass is 79.9. The van der Waals surface area contributed by atoms with Crippen molar-refractivity contribution in [1.29, 1.82) is 0 Å². The van der Waals surface area contributed by atoms with Gasteiger partial charge in [-0.3, -0.25) is 4.79 Å². The summed E-state index contributed by atoms with van der Waals surface area (Å²) in [5, 5.41) is 11.7. The van der Waals surface area contributed by atoms with Crippen LogP contribution in [0.4, 0.5) is 5.69 Å². The number of hydrogen-bond donors (Lipinski definition) is 2. The van der Waals surface area contributed by atoms with Gasteiger partial charge in [0, 0.05) is 16.2 Å². The summed E-state index contributed by atoms with van der Waals surface area (Å²) in [5.74, 6) is -1.18. The van der Waals surface area contributed by atoms with E-state index in [1.54, 1.807) is 6.07 Å². The molecule has 0 saturated heterocycles. The molecule has 0 aliphatic rings. The Balaban J connectivity index is 2.23. The molecule has 1 amide bonds.